The van der Waals surface area contributed by atoms with E-state index < -0.39 is 8.32 Å². The highest BCUT2D eigenvalue weighted by molar-refractivity contribution is 6.69. The lowest BCUT2D eigenvalue weighted by Gasteiger charge is -2.30. The van der Waals surface area contributed by atoms with Crippen LogP contribution in [-0.2, 0) is 9.22 Å². The number of hydrogen-bond acceptors (Lipinski definition) is 2. The standard InChI is InChI=1S/C16H24O2Si/c1-12-7-5-8-13(11-12)16(18-19(2,3)4)14-9-6-10-15(14)17/h5,7-8,11,14,16H,6,9-10H2,1-4H3/t14-,16-/m0/s1. The summed E-state index contributed by atoms with van der Waals surface area (Å²) in [6.45, 7) is 8.66. The molecule has 0 amide bonds. The Morgan fingerprint density at radius 2 is 2.05 bits per heavy atom. The van der Waals surface area contributed by atoms with Gasteiger partial charge in [-0.1, -0.05) is 29.8 Å². The largest absolute Gasteiger partial charge is 0.410 e. The van der Waals surface area contributed by atoms with Gasteiger partial charge in [-0.2, -0.15) is 0 Å². The molecule has 1 fully saturated rings. The molecule has 0 radical (unpaired) electrons. The second-order valence-electron chi connectivity index (χ2n) is 6.53. The predicted octanol–water partition coefficient (Wildman–Crippen LogP) is 4.26. The summed E-state index contributed by atoms with van der Waals surface area (Å²) in [7, 11) is -1.67. The monoisotopic (exact) mass is 276 g/mol. The minimum Gasteiger partial charge on any atom is -0.410 e. The Morgan fingerprint density at radius 1 is 1.32 bits per heavy atom. The Morgan fingerprint density at radius 3 is 2.58 bits per heavy atom. The van der Waals surface area contributed by atoms with Crippen LogP contribution in [0.25, 0.3) is 0 Å². The molecule has 1 aromatic carbocycles. The lowest BCUT2D eigenvalue weighted by atomic mass is 9.93. The molecule has 2 atom stereocenters. The van der Waals surface area contributed by atoms with Gasteiger partial charge in [0.2, 0.25) is 0 Å². The van der Waals surface area contributed by atoms with Crippen molar-refractivity contribution in [3.63, 3.8) is 0 Å². The van der Waals surface area contributed by atoms with E-state index in [1.807, 2.05) is 0 Å². The molecule has 1 aliphatic carbocycles. The van der Waals surface area contributed by atoms with Gasteiger partial charge in [0.05, 0.1) is 6.10 Å². The van der Waals surface area contributed by atoms with Gasteiger partial charge in [-0.05, 0) is 45.0 Å². The Balaban J connectivity index is 2.31. The highest BCUT2D eigenvalue weighted by atomic mass is 28.4. The van der Waals surface area contributed by atoms with Gasteiger partial charge in [0.15, 0.2) is 8.32 Å². The fourth-order valence-corrected chi connectivity index (χ4v) is 3.84. The summed E-state index contributed by atoms with van der Waals surface area (Å²) < 4.78 is 6.35. The van der Waals surface area contributed by atoms with E-state index in [2.05, 4.69) is 50.8 Å². The Hall–Kier alpha value is -0.933. The van der Waals surface area contributed by atoms with Crippen molar-refractivity contribution in [2.75, 3.05) is 0 Å². The molecule has 2 rings (SSSR count). The molecule has 0 aromatic heterocycles. The highest BCUT2D eigenvalue weighted by Crippen LogP contribution is 2.37. The molecule has 0 bridgehead atoms. The fraction of sp³-hybridized carbons (Fsp3) is 0.562. The molecular formula is C16H24O2Si. The van der Waals surface area contributed by atoms with Crippen LogP contribution in [0.2, 0.25) is 19.6 Å². The smallest absolute Gasteiger partial charge is 0.184 e. The van der Waals surface area contributed by atoms with Crippen molar-refractivity contribution in [2.45, 2.75) is 51.9 Å². The second-order valence-corrected chi connectivity index (χ2v) is 11.0. The van der Waals surface area contributed by atoms with Gasteiger partial charge >= 0.3 is 0 Å². The van der Waals surface area contributed by atoms with Crippen LogP contribution in [0, 0.1) is 12.8 Å². The average Bonchev–Trinajstić information content (AvgIpc) is 2.71. The number of carbonyl (C=O) groups is 1. The molecule has 1 aliphatic rings. The van der Waals surface area contributed by atoms with Crippen molar-refractivity contribution in [1.82, 2.24) is 0 Å². The van der Waals surface area contributed by atoms with E-state index in [0.29, 0.717) is 5.78 Å². The van der Waals surface area contributed by atoms with Crippen molar-refractivity contribution in [2.24, 2.45) is 5.92 Å². The fourth-order valence-electron chi connectivity index (χ4n) is 2.77. The van der Waals surface area contributed by atoms with Crippen molar-refractivity contribution in [1.29, 1.82) is 0 Å². The molecule has 0 heterocycles. The van der Waals surface area contributed by atoms with Crippen LogP contribution >= 0.6 is 0 Å². The quantitative estimate of drug-likeness (QED) is 0.768. The Labute approximate surface area is 117 Å². The Bertz CT molecular complexity index is 462. The summed E-state index contributed by atoms with van der Waals surface area (Å²) in [5.74, 6) is 0.443. The van der Waals surface area contributed by atoms with Gasteiger partial charge < -0.3 is 4.43 Å². The number of hydrogen-bond donors (Lipinski definition) is 0. The zero-order valence-electron chi connectivity index (χ0n) is 12.4. The summed E-state index contributed by atoms with van der Waals surface area (Å²) in [6, 6.07) is 8.41. The van der Waals surface area contributed by atoms with E-state index in [1.54, 1.807) is 0 Å². The van der Waals surface area contributed by atoms with E-state index in [0.717, 1.165) is 19.3 Å². The molecule has 0 unspecified atom stereocenters. The minimum atomic E-state index is -1.67. The van der Waals surface area contributed by atoms with Gasteiger partial charge in [0, 0.05) is 12.3 Å². The SMILES string of the molecule is Cc1cccc([C@H](O[Si](C)(C)C)[C@H]2CCCC2=O)c1. The van der Waals surface area contributed by atoms with Gasteiger partial charge in [-0.15, -0.1) is 0 Å². The zero-order chi connectivity index (χ0) is 14.0. The highest BCUT2D eigenvalue weighted by Gasteiger charge is 2.36. The number of aryl methyl sites for hydroxylation is 1. The predicted molar refractivity (Wildman–Crippen MR) is 80.7 cm³/mol. The Kier molecular flexibility index (Phi) is 4.26. The van der Waals surface area contributed by atoms with Crippen molar-refractivity contribution >= 4 is 14.1 Å². The third kappa shape index (κ3) is 3.77. The molecular weight excluding hydrogens is 252 g/mol. The third-order valence-electron chi connectivity index (χ3n) is 3.57. The number of benzene rings is 1. The molecule has 0 aliphatic heterocycles. The maximum atomic E-state index is 12.1. The lowest BCUT2D eigenvalue weighted by Crippen LogP contribution is -2.32. The maximum absolute atomic E-state index is 12.1. The summed E-state index contributed by atoms with van der Waals surface area (Å²) in [5.41, 5.74) is 2.40. The van der Waals surface area contributed by atoms with Crippen molar-refractivity contribution in [3.8, 4) is 0 Å². The van der Waals surface area contributed by atoms with Crippen molar-refractivity contribution < 1.29 is 9.22 Å². The van der Waals surface area contributed by atoms with Crippen LogP contribution in [0.5, 0.6) is 0 Å². The minimum absolute atomic E-state index is 0.0402. The molecule has 0 saturated heterocycles. The second kappa shape index (κ2) is 5.59. The maximum Gasteiger partial charge on any atom is 0.184 e. The van der Waals surface area contributed by atoms with Crippen LogP contribution in [0.1, 0.15) is 36.5 Å². The van der Waals surface area contributed by atoms with Gasteiger partial charge in [0.1, 0.15) is 5.78 Å². The van der Waals surface area contributed by atoms with E-state index >= 15 is 0 Å². The molecule has 0 N–H and O–H groups in total. The summed E-state index contributed by atoms with van der Waals surface area (Å²) >= 11 is 0. The van der Waals surface area contributed by atoms with Crippen LogP contribution in [0.4, 0.5) is 0 Å². The molecule has 104 valence electrons. The van der Waals surface area contributed by atoms with Crippen LogP contribution in [0.3, 0.4) is 0 Å². The van der Waals surface area contributed by atoms with E-state index in [9.17, 15) is 4.79 Å². The summed E-state index contributed by atoms with van der Waals surface area (Å²) in [4.78, 5) is 12.1. The average molecular weight is 276 g/mol. The zero-order valence-corrected chi connectivity index (χ0v) is 13.4. The summed E-state index contributed by atoms with van der Waals surface area (Å²) in [5, 5.41) is 0. The third-order valence-corrected chi connectivity index (χ3v) is 4.53. The first kappa shape index (κ1) is 14.5. The number of Topliss-reactive ketones (excluding diaryl/α,β-unsaturated/α-hetero) is 1. The van der Waals surface area contributed by atoms with Crippen LogP contribution in [-0.4, -0.2) is 14.1 Å². The number of rotatable bonds is 4. The van der Waals surface area contributed by atoms with Crippen LogP contribution < -0.4 is 0 Å². The van der Waals surface area contributed by atoms with E-state index in [-0.39, 0.29) is 12.0 Å². The summed E-state index contributed by atoms with van der Waals surface area (Å²) in [6.07, 6.45) is 2.67. The van der Waals surface area contributed by atoms with E-state index in [1.165, 1.54) is 11.1 Å². The van der Waals surface area contributed by atoms with Gasteiger partial charge in [-0.3, -0.25) is 4.79 Å². The molecule has 19 heavy (non-hydrogen) atoms. The van der Waals surface area contributed by atoms with Crippen LogP contribution in [0.15, 0.2) is 24.3 Å². The van der Waals surface area contributed by atoms with E-state index in [4.69, 9.17) is 4.43 Å². The normalized spacial score (nSPS) is 21.7. The molecule has 1 aromatic rings. The lowest BCUT2D eigenvalue weighted by molar-refractivity contribution is -0.123. The molecule has 1 saturated carbocycles. The number of carbonyl (C=O) groups excluding carboxylic acids is 1. The molecule has 3 heteroatoms. The first-order valence-electron chi connectivity index (χ1n) is 7.14. The van der Waals surface area contributed by atoms with Gasteiger partial charge in [-0.25, -0.2) is 0 Å². The molecule has 0 spiro atoms. The van der Waals surface area contributed by atoms with Crippen molar-refractivity contribution in [3.05, 3.63) is 35.4 Å². The molecule has 2 nitrogen and oxygen atoms in total. The first-order valence-corrected chi connectivity index (χ1v) is 10.5. The number of ketones is 1. The topological polar surface area (TPSA) is 26.3 Å². The van der Waals surface area contributed by atoms with Gasteiger partial charge in [0.25, 0.3) is 0 Å². The first-order chi connectivity index (χ1) is 8.87.